The predicted molar refractivity (Wildman–Crippen MR) is 120 cm³/mol. The van der Waals surface area contributed by atoms with Gasteiger partial charge < -0.3 is 14.8 Å². The van der Waals surface area contributed by atoms with Crippen LogP contribution >= 0.6 is 11.3 Å². The quantitative estimate of drug-likeness (QED) is 0.675. The van der Waals surface area contributed by atoms with Gasteiger partial charge in [-0.25, -0.2) is 0 Å². The summed E-state index contributed by atoms with van der Waals surface area (Å²) in [6, 6.07) is 12.4. The maximum Gasteiger partial charge on any atom is 0.271 e. The van der Waals surface area contributed by atoms with E-state index in [1.54, 1.807) is 16.2 Å². The molecule has 1 unspecified atom stereocenters. The fraction of sp³-hybridized carbons (Fsp3) is 0.417. The number of nitrogens with one attached hydrogen (secondary N) is 1. The molecule has 5 nitrogen and oxygen atoms in total. The van der Waals surface area contributed by atoms with Crippen molar-refractivity contribution in [3.05, 3.63) is 58.6 Å². The Labute approximate surface area is 180 Å². The molecular weight excluding hydrogens is 394 g/mol. The zero-order chi connectivity index (χ0) is 20.9. The van der Waals surface area contributed by atoms with Crippen LogP contribution in [0.25, 0.3) is 10.2 Å². The summed E-state index contributed by atoms with van der Waals surface area (Å²) >= 11 is 1.63. The van der Waals surface area contributed by atoms with E-state index < -0.39 is 5.54 Å². The number of aromatic nitrogens is 1. The Morgan fingerprint density at radius 3 is 2.80 bits per heavy atom. The monoisotopic (exact) mass is 421 g/mol. The van der Waals surface area contributed by atoms with Crippen molar-refractivity contribution >= 4 is 33.4 Å². The lowest BCUT2D eigenvalue weighted by molar-refractivity contribution is -0.133. The molecule has 156 valence electrons. The minimum atomic E-state index is -0.940. The molecule has 0 saturated heterocycles. The van der Waals surface area contributed by atoms with Gasteiger partial charge >= 0.3 is 0 Å². The Morgan fingerprint density at radius 2 is 2.03 bits per heavy atom. The molecule has 3 heterocycles. The lowest BCUT2D eigenvalue weighted by Gasteiger charge is -2.44. The zero-order valence-electron chi connectivity index (χ0n) is 17.5. The fourth-order valence-corrected chi connectivity index (χ4v) is 5.75. The van der Waals surface area contributed by atoms with Gasteiger partial charge in [-0.15, -0.1) is 11.3 Å². The van der Waals surface area contributed by atoms with Gasteiger partial charge in [-0.3, -0.25) is 9.59 Å². The van der Waals surface area contributed by atoms with Crippen LogP contribution in [0.3, 0.4) is 0 Å². The number of hydrogen-bond donors (Lipinski definition) is 1. The molecule has 3 aromatic rings. The first-order chi connectivity index (χ1) is 14.5. The van der Waals surface area contributed by atoms with Crippen LogP contribution in [0.1, 0.15) is 54.2 Å². The number of benzene rings is 1. The van der Waals surface area contributed by atoms with Crippen LogP contribution in [-0.4, -0.2) is 32.9 Å². The van der Waals surface area contributed by atoms with Gasteiger partial charge in [-0.1, -0.05) is 42.7 Å². The normalized spacial score (nSPS) is 21.9. The summed E-state index contributed by atoms with van der Waals surface area (Å²) in [7, 11) is 0. The Hall–Kier alpha value is -2.60. The largest absolute Gasteiger partial charge is 0.351 e. The summed E-state index contributed by atoms with van der Waals surface area (Å²) in [4.78, 5) is 29.0. The van der Waals surface area contributed by atoms with Crippen LogP contribution in [0.4, 0.5) is 0 Å². The molecule has 2 aliphatic rings. The molecule has 1 fully saturated rings. The van der Waals surface area contributed by atoms with E-state index >= 15 is 0 Å². The number of fused-ring (bicyclic) bond motifs is 3. The second-order valence-corrected chi connectivity index (χ2v) is 9.84. The molecular formula is C24H27N3O2S. The van der Waals surface area contributed by atoms with Crippen molar-refractivity contribution in [1.29, 1.82) is 0 Å². The highest BCUT2D eigenvalue weighted by Gasteiger charge is 2.48. The summed E-state index contributed by atoms with van der Waals surface area (Å²) < 4.78 is 3.13. The van der Waals surface area contributed by atoms with E-state index in [-0.39, 0.29) is 17.9 Å². The molecule has 5 rings (SSSR count). The molecule has 1 N–H and O–H groups in total. The minimum Gasteiger partial charge on any atom is -0.351 e. The number of hydrogen-bond acceptors (Lipinski definition) is 3. The maximum absolute atomic E-state index is 13.7. The van der Waals surface area contributed by atoms with E-state index in [0.29, 0.717) is 18.8 Å². The summed E-state index contributed by atoms with van der Waals surface area (Å²) in [5, 5.41) is 5.30. The van der Waals surface area contributed by atoms with Crippen molar-refractivity contribution < 1.29 is 9.59 Å². The molecule has 1 saturated carbocycles. The number of thiophene rings is 1. The maximum atomic E-state index is 13.7. The molecule has 30 heavy (non-hydrogen) atoms. The molecule has 1 aliphatic heterocycles. The number of rotatable bonds is 4. The average molecular weight is 422 g/mol. The van der Waals surface area contributed by atoms with Gasteiger partial charge in [0.05, 0.1) is 16.8 Å². The van der Waals surface area contributed by atoms with Crippen LogP contribution in [0, 0.1) is 6.92 Å². The van der Waals surface area contributed by atoms with Gasteiger partial charge in [0.1, 0.15) is 11.2 Å². The van der Waals surface area contributed by atoms with Gasteiger partial charge in [-0.05, 0) is 49.8 Å². The van der Waals surface area contributed by atoms with E-state index in [0.717, 1.165) is 47.0 Å². The molecule has 0 spiro atoms. The summed E-state index contributed by atoms with van der Waals surface area (Å²) in [6.45, 7) is 4.87. The molecule has 2 aromatic heterocycles. The van der Waals surface area contributed by atoms with Crippen LogP contribution in [0.5, 0.6) is 0 Å². The Morgan fingerprint density at radius 1 is 1.23 bits per heavy atom. The molecule has 0 bridgehead atoms. The molecule has 0 radical (unpaired) electrons. The van der Waals surface area contributed by atoms with Gasteiger partial charge in [0, 0.05) is 12.6 Å². The van der Waals surface area contributed by atoms with Crippen LogP contribution in [0.15, 0.2) is 41.8 Å². The molecule has 2 amide bonds. The third-order valence-electron chi connectivity index (χ3n) is 6.65. The highest BCUT2D eigenvalue weighted by molar-refractivity contribution is 7.17. The summed E-state index contributed by atoms with van der Waals surface area (Å²) in [5.41, 5.74) is 2.97. The standard InChI is InChI=1S/C24H27N3O2S/c1-16-6-5-7-17(12-16)14-27-22(28)20-13-21-19(10-11-30-21)26(20)15-24(27,2)23(29)25-18-8-3-4-9-18/h5-7,10-13,18H,3-4,8-9,14-15H2,1-2H3,(H,25,29). The summed E-state index contributed by atoms with van der Waals surface area (Å²) in [6.07, 6.45) is 4.37. The molecule has 1 aromatic carbocycles. The highest BCUT2D eigenvalue weighted by Crippen LogP contribution is 2.35. The Kier molecular flexibility index (Phi) is 4.69. The van der Waals surface area contributed by atoms with Gasteiger partial charge in [-0.2, -0.15) is 0 Å². The number of aryl methyl sites for hydroxylation is 1. The number of amides is 2. The van der Waals surface area contributed by atoms with Gasteiger partial charge in [0.15, 0.2) is 0 Å². The van der Waals surface area contributed by atoms with Crippen molar-refractivity contribution in [3.63, 3.8) is 0 Å². The first kappa shape index (κ1) is 19.4. The zero-order valence-corrected chi connectivity index (χ0v) is 18.3. The van der Waals surface area contributed by atoms with E-state index in [1.807, 2.05) is 54.1 Å². The Balaban J connectivity index is 1.55. The summed E-state index contributed by atoms with van der Waals surface area (Å²) in [5.74, 6) is -0.117. The van der Waals surface area contributed by atoms with Crippen LogP contribution < -0.4 is 5.32 Å². The third-order valence-corrected chi connectivity index (χ3v) is 7.50. The van der Waals surface area contributed by atoms with Crippen molar-refractivity contribution in [2.45, 2.75) is 64.2 Å². The van der Waals surface area contributed by atoms with E-state index in [2.05, 4.69) is 11.4 Å². The van der Waals surface area contributed by atoms with Crippen LogP contribution in [0.2, 0.25) is 0 Å². The van der Waals surface area contributed by atoms with E-state index in [1.165, 1.54) is 0 Å². The number of carbonyl (C=O) groups excluding carboxylic acids is 2. The van der Waals surface area contributed by atoms with E-state index in [9.17, 15) is 9.59 Å². The second kappa shape index (κ2) is 7.27. The number of carbonyl (C=O) groups is 2. The second-order valence-electron chi connectivity index (χ2n) is 8.89. The van der Waals surface area contributed by atoms with Crippen LogP contribution in [-0.2, 0) is 17.9 Å². The average Bonchev–Trinajstić information content (AvgIpc) is 3.44. The molecule has 1 aliphatic carbocycles. The fourth-order valence-electron chi connectivity index (χ4n) is 4.93. The first-order valence-electron chi connectivity index (χ1n) is 10.7. The van der Waals surface area contributed by atoms with Crippen molar-refractivity contribution in [3.8, 4) is 0 Å². The van der Waals surface area contributed by atoms with Gasteiger partial charge in [0.25, 0.3) is 5.91 Å². The SMILES string of the molecule is Cc1cccc(CN2C(=O)c3cc4sccc4n3CC2(C)C(=O)NC2CCCC2)c1. The Bertz CT molecular complexity index is 1120. The lowest BCUT2D eigenvalue weighted by Crippen LogP contribution is -2.64. The lowest BCUT2D eigenvalue weighted by atomic mass is 9.93. The molecule has 6 heteroatoms. The highest BCUT2D eigenvalue weighted by atomic mass is 32.1. The number of nitrogens with zero attached hydrogens (tertiary/aromatic N) is 2. The first-order valence-corrected chi connectivity index (χ1v) is 11.6. The van der Waals surface area contributed by atoms with Crippen molar-refractivity contribution in [2.24, 2.45) is 0 Å². The topological polar surface area (TPSA) is 54.3 Å². The van der Waals surface area contributed by atoms with Crippen molar-refractivity contribution in [1.82, 2.24) is 14.8 Å². The third kappa shape index (κ3) is 3.14. The van der Waals surface area contributed by atoms with Gasteiger partial charge in [0.2, 0.25) is 5.91 Å². The predicted octanol–water partition coefficient (Wildman–Crippen LogP) is 4.48. The smallest absolute Gasteiger partial charge is 0.271 e. The molecule has 1 atom stereocenters. The van der Waals surface area contributed by atoms with E-state index in [4.69, 9.17) is 0 Å². The minimum absolute atomic E-state index is 0.0434. The van der Waals surface area contributed by atoms with Crippen molar-refractivity contribution in [2.75, 3.05) is 0 Å².